The van der Waals surface area contributed by atoms with Crippen molar-refractivity contribution in [2.24, 2.45) is 0 Å². The van der Waals surface area contributed by atoms with Crippen LogP contribution in [-0.2, 0) is 14.8 Å². The quantitative estimate of drug-likeness (QED) is 0.295. The number of sulfonamides is 1. The summed E-state index contributed by atoms with van der Waals surface area (Å²) < 4.78 is 63.6. The van der Waals surface area contributed by atoms with Gasteiger partial charge in [-0.15, -0.1) is 0 Å². The molecule has 0 amide bonds. The number of nitrogens with one attached hydrogen (secondary N) is 2. The van der Waals surface area contributed by atoms with E-state index in [2.05, 4.69) is 31.8 Å². The van der Waals surface area contributed by atoms with Crippen molar-refractivity contribution in [3.8, 4) is 17.6 Å². The van der Waals surface area contributed by atoms with E-state index in [0.717, 1.165) is 18.2 Å². The summed E-state index contributed by atoms with van der Waals surface area (Å²) >= 11 is 6.10. The van der Waals surface area contributed by atoms with E-state index in [1.54, 1.807) is 6.92 Å². The fraction of sp³-hybridized carbons (Fsp3) is 0.240. The van der Waals surface area contributed by atoms with Gasteiger partial charge in [-0.3, -0.25) is 9.52 Å². The molecule has 2 heterocycles. The largest absolute Gasteiger partial charge is 0.491 e. The van der Waals surface area contributed by atoms with Crippen molar-refractivity contribution in [1.29, 1.82) is 0 Å². The van der Waals surface area contributed by atoms with Gasteiger partial charge in [-0.05, 0) is 31.2 Å². The first-order chi connectivity index (χ1) is 18.5. The summed E-state index contributed by atoms with van der Waals surface area (Å²) in [6.07, 6.45) is 2.32. The Kier molecular flexibility index (Phi) is 8.19. The zero-order valence-electron chi connectivity index (χ0n) is 20.2. The number of carboxylic acid groups (broad SMARTS) is 1. The van der Waals surface area contributed by atoms with Crippen molar-refractivity contribution >= 4 is 39.2 Å². The number of nitrogens with zero attached hydrogens (tertiary/aromatic N) is 2. The summed E-state index contributed by atoms with van der Waals surface area (Å²) in [4.78, 5) is 18.8. The molecule has 1 aliphatic heterocycles. The summed E-state index contributed by atoms with van der Waals surface area (Å²) in [6.45, 7) is 1.50. The minimum atomic E-state index is -4.51. The van der Waals surface area contributed by atoms with Gasteiger partial charge >= 0.3 is 5.97 Å². The third-order valence-electron chi connectivity index (χ3n) is 5.60. The Bertz CT molecular complexity index is 1590. The van der Waals surface area contributed by atoms with Crippen LogP contribution in [0.25, 0.3) is 0 Å². The molecule has 14 heteroatoms. The number of rotatable bonds is 8. The van der Waals surface area contributed by atoms with Crippen LogP contribution in [0, 0.1) is 23.5 Å². The number of carbonyl (C=O) groups is 1. The van der Waals surface area contributed by atoms with E-state index in [9.17, 15) is 17.6 Å². The Morgan fingerprint density at radius 3 is 2.64 bits per heavy atom. The van der Waals surface area contributed by atoms with Crippen LogP contribution in [0.5, 0.6) is 5.75 Å². The number of aliphatic hydroxyl groups excluding tert-OH is 1. The van der Waals surface area contributed by atoms with Crippen molar-refractivity contribution in [2.75, 3.05) is 23.3 Å². The molecule has 0 spiro atoms. The lowest BCUT2D eigenvalue weighted by Gasteiger charge is -2.13. The summed E-state index contributed by atoms with van der Waals surface area (Å²) in [5.74, 6) is 0.983. The minimum absolute atomic E-state index is 0.00963. The fourth-order valence-electron chi connectivity index (χ4n) is 3.71. The molecule has 1 unspecified atom stereocenters. The predicted molar refractivity (Wildman–Crippen MR) is 137 cm³/mol. The van der Waals surface area contributed by atoms with Crippen LogP contribution in [0.4, 0.5) is 20.4 Å². The first kappa shape index (κ1) is 28.0. The van der Waals surface area contributed by atoms with Gasteiger partial charge in [0, 0.05) is 34.9 Å². The lowest BCUT2D eigenvalue weighted by atomic mass is 9.98. The van der Waals surface area contributed by atoms with Gasteiger partial charge in [0.25, 0.3) is 10.0 Å². The molecule has 10 nitrogen and oxygen atoms in total. The number of carboxylic acids is 1. The van der Waals surface area contributed by atoms with E-state index in [0.29, 0.717) is 5.56 Å². The van der Waals surface area contributed by atoms with Crippen molar-refractivity contribution < 1.29 is 36.9 Å². The normalized spacial score (nSPS) is 14.9. The van der Waals surface area contributed by atoms with Crippen LogP contribution in [-0.4, -0.2) is 53.8 Å². The van der Waals surface area contributed by atoms with Gasteiger partial charge in [0.2, 0.25) is 5.95 Å². The number of aromatic nitrogens is 2. The summed E-state index contributed by atoms with van der Waals surface area (Å²) in [6, 6.07) is 3.98. The Labute approximate surface area is 227 Å². The van der Waals surface area contributed by atoms with E-state index in [4.69, 9.17) is 26.6 Å². The highest BCUT2D eigenvalue weighted by Gasteiger charge is 2.33. The summed E-state index contributed by atoms with van der Waals surface area (Å²) in [5.41, 5.74) is -0.751. The lowest BCUT2D eigenvalue weighted by Crippen LogP contribution is -2.20. The van der Waals surface area contributed by atoms with Gasteiger partial charge in [-0.2, -0.15) is 0 Å². The average Bonchev–Trinajstić information content (AvgIpc) is 3.27. The van der Waals surface area contributed by atoms with Gasteiger partial charge in [0.1, 0.15) is 16.5 Å². The molecule has 39 heavy (non-hydrogen) atoms. The first-order valence-electron chi connectivity index (χ1n) is 11.4. The number of ether oxygens (including phenoxy) is 1. The Balaban J connectivity index is 1.62. The third-order valence-corrected chi connectivity index (χ3v) is 7.19. The maximum absolute atomic E-state index is 15.2. The van der Waals surface area contributed by atoms with E-state index in [1.165, 1.54) is 18.5 Å². The number of hydrogen-bond donors (Lipinski definition) is 4. The first-order valence-corrected chi connectivity index (χ1v) is 13.2. The highest BCUT2D eigenvalue weighted by molar-refractivity contribution is 7.92. The van der Waals surface area contributed by atoms with Crippen LogP contribution in [0.3, 0.4) is 0 Å². The number of benzene rings is 2. The zero-order chi connectivity index (χ0) is 28.3. The van der Waals surface area contributed by atoms with Gasteiger partial charge in [-0.25, -0.2) is 27.2 Å². The Morgan fingerprint density at radius 2 is 1.97 bits per heavy atom. The van der Waals surface area contributed by atoms with Crippen LogP contribution in [0.2, 0.25) is 5.02 Å². The lowest BCUT2D eigenvalue weighted by molar-refractivity contribution is -0.137. The smallest absolute Gasteiger partial charge is 0.304 e. The van der Waals surface area contributed by atoms with Crippen molar-refractivity contribution in [3.63, 3.8) is 0 Å². The maximum atomic E-state index is 15.2. The van der Waals surface area contributed by atoms with E-state index in [1.807, 2.05) is 0 Å². The molecule has 1 aromatic heterocycles. The van der Waals surface area contributed by atoms with E-state index < -0.39 is 49.7 Å². The van der Waals surface area contributed by atoms with Crippen LogP contribution < -0.4 is 14.8 Å². The van der Waals surface area contributed by atoms with Crippen molar-refractivity contribution in [1.82, 2.24) is 9.97 Å². The number of anilines is 2. The molecule has 4 N–H and O–H groups in total. The highest BCUT2D eigenvalue weighted by Crippen LogP contribution is 2.43. The topological polar surface area (TPSA) is 151 Å². The molecule has 2 aromatic carbocycles. The van der Waals surface area contributed by atoms with Crippen LogP contribution in [0.15, 0.2) is 41.6 Å². The third kappa shape index (κ3) is 6.36. The van der Waals surface area contributed by atoms with Gasteiger partial charge in [0.05, 0.1) is 36.4 Å². The number of aliphatic carboxylic acids is 1. The molecule has 1 aliphatic rings. The molecule has 0 radical (unpaired) electrons. The SMILES string of the molecule is C[C@H](CO)Nc1ncc(C#Cc2c(F)ccc(NS(=O)(=O)c3cc(Cl)cc4c3OCC4CC(=O)O)c2F)cn1. The van der Waals surface area contributed by atoms with Crippen molar-refractivity contribution in [3.05, 3.63) is 70.0 Å². The second kappa shape index (κ2) is 11.4. The van der Waals surface area contributed by atoms with Crippen molar-refractivity contribution in [2.45, 2.75) is 30.2 Å². The van der Waals surface area contributed by atoms with E-state index >= 15 is 4.39 Å². The summed E-state index contributed by atoms with van der Waals surface area (Å²) in [7, 11) is -4.51. The number of fused-ring (bicyclic) bond motifs is 1. The van der Waals surface area contributed by atoms with Crippen LogP contribution in [0.1, 0.15) is 36.0 Å². The molecule has 0 bridgehead atoms. The predicted octanol–water partition coefficient (Wildman–Crippen LogP) is 3.35. The maximum Gasteiger partial charge on any atom is 0.304 e. The molecular weight excluding hydrogens is 558 g/mol. The van der Waals surface area contributed by atoms with E-state index in [-0.39, 0.29) is 48.0 Å². The summed E-state index contributed by atoms with van der Waals surface area (Å²) in [5, 5.41) is 21.0. The number of halogens is 3. The van der Waals surface area contributed by atoms with Gasteiger partial charge in [-0.1, -0.05) is 23.4 Å². The second-order valence-electron chi connectivity index (χ2n) is 8.59. The molecule has 0 aliphatic carbocycles. The Hall–Kier alpha value is -3.99. The minimum Gasteiger partial charge on any atom is -0.491 e. The Morgan fingerprint density at radius 1 is 1.26 bits per heavy atom. The molecule has 204 valence electrons. The average molecular weight is 579 g/mol. The highest BCUT2D eigenvalue weighted by atomic mass is 35.5. The number of hydrogen-bond acceptors (Lipinski definition) is 8. The van der Waals surface area contributed by atoms with Crippen LogP contribution >= 0.6 is 11.6 Å². The fourth-order valence-corrected chi connectivity index (χ4v) is 5.26. The molecule has 2 atom stereocenters. The second-order valence-corrected chi connectivity index (χ2v) is 10.7. The molecular formula is C25H21ClF2N4O6S. The molecule has 4 rings (SSSR count). The molecule has 3 aromatic rings. The molecule has 0 fully saturated rings. The monoisotopic (exact) mass is 578 g/mol. The molecule has 0 saturated heterocycles. The molecule has 0 saturated carbocycles. The number of aliphatic hydroxyl groups is 1. The van der Waals surface area contributed by atoms with Gasteiger partial charge in [0.15, 0.2) is 5.82 Å². The zero-order valence-corrected chi connectivity index (χ0v) is 21.8. The standard InChI is InChI=1S/C25H21ClF2N4O6S/c1-13(11-33)31-25-29-9-14(10-30-25)2-3-17-19(27)4-5-20(23(17)28)32-39(36,37)21-8-16(26)7-18-15(6-22(34)35)12-38-24(18)21/h4-5,7-10,13,15,32-33H,6,11-12H2,1H3,(H,34,35)(H,29,30,31)/t13-,15?/m1/s1. The van der Waals surface area contributed by atoms with Gasteiger partial charge < -0.3 is 20.3 Å².